The van der Waals surface area contributed by atoms with Gasteiger partial charge in [0.25, 0.3) is 0 Å². The standard InChI is InChI=1S/C24H23N3O4S/c1-30-22-13-19(14-26-27-24(25)32-16-18-5-3-2-4-6-18)9-12-21(22)31-15-17-7-10-20(11-8-17)23(28)29/h2-14H,15-16H2,1H3,(H2,25,27)(H,28,29). The van der Waals surface area contributed by atoms with Crippen LogP contribution in [0.5, 0.6) is 11.5 Å². The number of aromatic carboxylic acids is 1. The molecule has 0 bridgehead atoms. The lowest BCUT2D eigenvalue weighted by atomic mass is 10.1. The second kappa shape index (κ2) is 11.6. The van der Waals surface area contributed by atoms with Crippen molar-refractivity contribution >= 4 is 29.1 Å². The van der Waals surface area contributed by atoms with Crippen molar-refractivity contribution in [3.05, 3.63) is 95.1 Å². The number of nitrogens with two attached hydrogens (primary N) is 1. The predicted molar refractivity (Wildman–Crippen MR) is 128 cm³/mol. The minimum Gasteiger partial charge on any atom is -0.493 e. The molecule has 0 aliphatic heterocycles. The number of benzene rings is 3. The van der Waals surface area contributed by atoms with Crippen LogP contribution in [0.25, 0.3) is 0 Å². The summed E-state index contributed by atoms with van der Waals surface area (Å²) in [6, 6.07) is 21.9. The van der Waals surface area contributed by atoms with Gasteiger partial charge in [0, 0.05) is 5.75 Å². The molecule has 3 N–H and O–H groups in total. The largest absolute Gasteiger partial charge is 0.493 e. The van der Waals surface area contributed by atoms with E-state index < -0.39 is 5.97 Å². The third-order valence-electron chi connectivity index (χ3n) is 4.38. The average molecular weight is 450 g/mol. The van der Waals surface area contributed by atoms with Crippen LogP contribution >= 0.6 is 11.8 Å². The van der Waals surface area contributed by atoms with Crippen molar-refractivity contribution in [3.63, 3.8) is 0 Å². The van der Waals surface area contributed by atoms with Gasteiger partial charge in [-0.2, -0.15) is 5.10 Å². The van der Waals surface area contributed by atoms with Gasteiger partial charge in [-0.1, -0.05) is 54.2 Å². The highest BCUT2D eigenvalue weighted by Gasteiger charge is 2.07. The lowest BCUT2D eigenvalue weighted by Gasteiger charge is -2.11. The Morgan fingerprint density at radius 3 is 2.47 bits per heavy atom. The van der Waals surface area contributed by atoms with Crippen molar-refractivity contribution in [2.45, 2.75) is 12.4 Å². The molecule has 0 atom stereocenters. The van der Waals surface area contributed by atoms with Crippen molar-refractivity contribution in [1.82, 2.24) is 0 Å². The molecule has 0 aliphatic rings. The summed E-state index contributed by atoms with van der Waals surface area (Å²) in [5, 5.41) is 17.4. The van der Waals surface area contributed by atoms with Crippen LogP contribution < -0.4 is 15.2 Å². The molecule has 164 valence electrons. The van der Waals surface area contributed by atoms with Gasteiger partial charge in [0.1, 0.15) is 6.61 Å². The van der Waals surface area contributed by atoms with Crippen LogP contribution in [0.4, 0.5) is 0 Å². The highest BCUT2D eigenvalue weighted by molar-refractivity contribution is 8.13. The number of rotatable bonds is 9. The van der Waals surface area contributed by atoms with Gasteiger partial charge in [-0.3, -0.25) is 0 Å². The zero-order chi connectivity index (χ0) is 22.8. The number of methoxy groups -OCH3 is 1. The molecule has 0 amide bonds. The molecule has 7 nitrogen and oxygen atoms in total. The molecule has 3 aromatic carbocycles. The van der Waals surface area contributed by atoms with Crippen LogP contribution in [0.3, 0.4) is 0 Å². The van der Waals surface area contributed by atoms with E-state index in [0.717, 1.165) is 22.4 Å². The first kappa shape index (κ1) is 22.9. The molecule has 0 aliphatic carbocycles. The molecule has 3 aromatic rings. The molecule has 0 heterocycles. The number of thioether (sulfide) groups is 1. The molecule has 0 saturated carbocycles. The molecule has 0 fully saturated rings. The fraction of sp³-hybridized carbons (Fsp3) is 0.125. The third-order valence-corrected chi connectivity index (χ3v) is 5.23. The Balaban J connectivity index is 1.57. The zero-order valence-electron chi connectivity index (χ0n) is 17.5. The molecule has 0 radical (unpaired) electrons. The van der Waals surface area contributed by atoms with Crippen molar-refractivity contribution in [3.8, 4) is 11.5 Å². The lowest BCUT2D eigenvalue weighted by molar-refractivity contribution is 0.0697. The molecule has 0 unspecified atom stereocenters. The van der Waals surface area contributed by atoms with E-state index in [1.807, 2.05) is 36.4 Å². The first-order chi connectivity index (χ1) is 15.5. The maximum atomic E-state index is 10.9. The summed E-state index contributed by atoms with van der Waals surface area (Å²) in [4.78, 5) is 10.9. The van der Waals surface area contributed by atoms with Crippen molar-refractivity contribution in [1.29, 1.82) is 0 Å². The highest BCUT2D eigenvalue weighted by Crippen LogP contribution is 2.28. The topological polar surface area (TPSA) is 107 Å². The van der Waals surface area contributed by atoms with Gasteiger partial charge < -0.3 is 20.3 Å². The summed E-state index contributed by atoms with van der Waals surface area (Å²) >= 11 is 1.42. The second-order valence-corrected chi connectivity index (χ2v) is 7.65. The molecule has 8 heteroatoms. The molecular formula is C24H23N3O4S. The first-order valence-electron chi connectivity index (χ1n) is 9.71. The molecular weight excluding hydrogens is 426 g/mol. The smallest absolute Gasteiger partial charge is 0.335 e. The van der Waals surface area contributed by atoms with Gasteiger partial charge in [-0.15, -0.1) is 5.10 Å². The molecule has 32 heavy (non-hydrogen) atoms. The number of carboxylic acid groups (broad SMARTS) is 1. The van der Waals surface area contributed by atoms with E-state index in [1.54, 1.807) is 49.7 Å². The van der Waals surface area contributed by atoms with E-state index in [1.165, 1.54) is 11.8 Å². The van der Waals surface area contributed by atoms with Gasteiger partial charge in [0.05, 0.1) is 18.9 Å². The Kier molecular flexibility index (Phi) is 8.28. The Morgan fingerprint density at radius 2 is 1.78 bits per heavy atom. The normalized spacial score (nSPS) is 11.5. The number of amidine groups is 1. The Hall–Kier alpha value is -3.78. The number of hydrogen-bond donors (Lipinski definition) is 2. The Morgan fingerprint density at radius 1 is 1.03 bits per heavy atom. The van der Waals surface area contributed by atoms with Crippen molar-refractivity contribution in [2.75, 3.05) is 7.11 Å². The minimum absolute atomic E-state index is 0.233. The molecule has 0 aromatic heterocycles. The number of carboxylic acids is 1. The van der Waals surface area contributed by atoms with Crippen LogP contribution in [-0.2, 0) is 12.4 Å². The SMILES string of the molecule is COc1cc(C=NN=C(N)SCc2ccccc2)ccc1OCc1ccc(C(=O)O)cc1. The summed E-state index contributed by atoms with van der Waals surface area (Å²) in [5.74, 6) is 0.877. The van der Waals surface area contributed by atoms with Gasteiger partial charge in [-0.05, 0) is 47.0 Å². The maximum Gasteiger partial charge on any atom is 0.335 e. The lowest BCUT2D eigenvalue weighted by Crippen LogP contribution is -2.06. The summed E-state index contributed by atoms with van der Waals surface area (Å²) < 4.78 is 11.2. The number of carbonyl (C=O) groups is 1. The van der Waals surface area contributed by atoms with E-state index in [2.05, 4.69) is 10.2 Å². The summed E-state index contributed by atoms with van der Waals surface area (Å²) in [6.45, 7) is 0.281. The number of hydrogen-bond acceptors (Lipinski definition) is 6. The van der Waals surface area contributed by atoms with Crippen LogP contribution in [-0.4, -0.2) is 29.6 Å². The predicted octanol–water partition coefficient (Wildman–Crippen LogP) is 4.55. The maximum absolute atomic E-state index is 10.9. The zero-order valence-corrected chi connectivity index (χ0v) is 18.3. The van der Waals surface area contributed by atoms with Gasteiger partial charge in [-0.25, -0.2) is 4.79 Å². The second-order valence-electron chi connectivity index (χ2n) is 6.66. The summed E-state index contributed by atoms with van der Waals surface area (Å²) in [7, 11) is 1.56. The van der Waals surface area contributed by atoms with Crippen molar-refractivity contribution in [2.24, 2.45) is 15.9 Å². The van der Waals surface area contributed by atoms with Gasteiger partial charge in [0.15, 0.2) is 16.7 Å². The minimum atomic E-state index is -0.961. The van der Waals surface area contributed by atoms with Crippen LogP contribution in [0.15, 0.2) is 83.0 Å². The highest BCUT2D eigenvalue weighted by atomic mass is 32.2. The van der Waals surface area contributed by atoms with E-state index in [4.69, 9.17) is 20.3 Å². The monoisotopic (exact) mass is 449 g/mol. The Labute approximate surface area is 190 Å². The van der Waals surface area contributed by atoms with E-state index in [0.29, 0.717) is 16.7 Å². The quantitative estimate of drug-likeness (QED) is 0.282. The average Bonchev–Trinajstić information content (AvgIpc) is 2.82. The van der Waals surface area contributed by atoms with E-state index in [9.17, 15) is 4.79 Å². The molecule has 0 saturated heterocycles. The fourth-order valence-electron chi connectivity index (χ4n) is 2.70. The van der Waals surface area contributed by atoms with Gasteiger partial charge in [0.2, 0.25) is 0 Å². The summed E-state index contributed by atoms with van der Waals surface area (Å²) in [6.07, 6.45) is 1.59. The number of nitrogens with zero attached hydrogens (tertiary/aromatic N) is 2. The molecule has 3 rings (SSSR count). The van der Waals surface area contributed by atoms with E-state index in [-0.39, 0.29) is 12.2 Å². The van der Waals surface area contributed by atoms with Crippen LogP contribution in [0, 0.1) is 0 Å². The first-order valence-corrected chi connectivity index (χ1v) is 10.7. The fourth-order valence-corrected chi connectivity index (χ4v) is 3.31. The third kappa shape index (κ3) is 6.88. The van der Waals surface area contributed by atoms with E-state index >= 15 is 0 Å². The van der Waals surface area contributed by atoms with Gasteiger partial charge >= 0.3 is 5.97 Å². The van der Waals surface area contributed by atoms with Crippen molar-refractivity contribution < 1.29 is 19.4 Å². The molecule has 0 spiro atoms. The number of ether oxygens (including phenoxy) is 2. The summed E-state index contributed by atoms with van der Waals surface area (Å²) in [5.41, 5.74) is 8.94. The van der Waals surface area contributed by atoms with Crippen LogP contribution in [0.2, 0.25) is 0 Å². The Bertz CT molecular complexity index is 1100. The van der Waals surface area contributed by atoms with Crippen LogP contribution in [0.1, 0.15) is 27.0 Å².